The molecule has 3 aromatic rings. The number of aromatic nitrogens is 2. The van der Waals surface area contributed by atoms with E-state index in [0.29, 0.717) is 11.4 Å². The molecular formula is C15H12N4O5S. The van der Waals surface area contributed by atoms with Gasteiger partial charge in [-0.15, -0.1) is 11.3 Å². The number of nitro benzene ring substituents is 1. The molecule has 1 N–H and O–H groups in total. The van der Waals surface area contributed by atoms with Crippen LogP contribution < -0.4 is 5.32 Å². The Labute approximate surface area is 145 Å². The van der Waals surface area contributed by atoms with E-state index in [1.165, 1.54) is 35.6 Å². The van der Waals surface area contributed by atoms with Crippen molar-refractivity contribution in [3.63, 3.8) is 0 Å². The number of esters is 1. The minimum absolute atomic E-state index is 0.0286. The van der Waals surface area contributed by atoms with Gasteiger partial charge >= 0.3 is 5.97 Å². The fraction of sp³-hybridized carbons (Fsp3) is 0.133. The molecule has 1 amide bonds. The van der Waals surface area contributed by atoms with E-state index >= 15 is 0 Å². The average molecular weight is 360 g/mol. The smallest absolute Gasteiger partial charge is 0.312 e. The topological polar surface area (TPSA) is 116 Å². The van der Waals surface area contributed by atoms with Crippen LogP contribution in [0.25, 0.3) is 4.96 Å². The zero-order chi connectivity index (χ0) is 17.8. The Hall–Kier alpha value is -3.27. The van der Waals surface area contributed by atoms with Crippen LogP contribution >= 0.6 is 11.3 Å². The predicted octanol–water partition coefficient (Wildman–Crippen LogP) is 2.03. The molecule has 0 radical (unpaired) electrons. The van der Waals surface area contributed by atoms with Crippen LogP contribution in [0.1, 0.15) is 5.69 Å². The number of nitrogens with zero attached hydrogens (tertiary/aromatic N) is 3. The van der Waals surface area contributed by atoms with Gasteiger partial charge < -0.3 is 10.1 Å². The number of hydrogen-bond donors (Lipinski definition) is 1. The number of non-ortho nitro benzene ring substituents is 1. The van der Waals surface area contributed by atoms with E-state index in [9.17, 15) is 19.7 Å². The van der Waals surface area contributed by atoms with Gasteiger partial charge in [0.25, 0.3) is 11.6 Å². The second-order valence-electron chi connectivity index (χ2n) is 5.01. The molecule has 3 rings (SSSR count). The van der Waals surface area contributed by atoms with Crippen LogP contribution in [-0.2, 0) is 20.7 Å². The van der Waals surface area contributed by atoms with Gasteiger partial charge in [0.1, 0.15) is 0 Å². The summed E-state index contributed by atoms with van der Waals surface area (Å²) in [5, 5.41) is 14.9. The third kappa shape index (κ3) is 4.18. The lowest BCUT2D eigenvalue weighted by atomic mass is 10.3. The highest BCUT2D eigenvalue weighted by Crippen LogP contribution is 2.15. The third-order valence-electron chi connectivity index (χ3n) is 3.19. The number of thiazole rings is 1. The summed E-state index contributed by atoms with van der Waals surface area (Å²) in [5.74, 6) is -1.10. The third-order valence-corrected chi connectivity index (χ3v) is 3.97. The quantitative estimate of drug-likeness (QED) is 0.408. The molecular weight excluding hydrogens is 348 g/mol. The highest BCUT2D eigenvalue weighted by atomic mass is 32.1. The first kappa shape index (κ1) is 16.6. The summed E-state index contributed by atoms with van der Waals surface area (Å²) in [6.07, 6.45) is 3.53. The van der Waals surface area contributed by atoms with Crippen molar-refractivity contribution in [3.05, 3.63) is 57.8 Å². The first-order chi connectivity index (χ1) is 12.0. The molecule has 0 bridgehead atoms. The Kier molecular flexibility index (Phi) is 4.70. The predicted molar refractivity (Wildman–Crippen MR) is 89.5 cm³/mol. The van der Waals surface area contributed by atoms with Gasteiger partial charge in [0, 0.05) is 35.6 Å². The van der Waals surface area contributed by atoms with E-state index in [0.717, 1.165) is 4.96 Å². The fourth-order valence-corrected chi connectivity index (χ4v) is 2.79. The summed E-state index contributed by atoms with van der Waals surface area (Å²) in [6.45, 7) is -0.446. The number of hydrogen-bond acceptors (Lipinski definition) is 7. The number of rotatable bonds is 6. The normalized spacial score (nSPS) is 10.6. The van der Waals surface area contributed by atoms with Gasteiger partial charge in [-0.1, -0.05) is 0 Å². The summed E-state index contributed by atoms with van der Waals surface area (Å²) >= 11 is 1.45. The first-order valence-corrected chi connectivity index (χ1v) is 8.00. The van der Waals surface area contributed by atoms with Crippen LogP contribution in [0.4, 0.5) is 11.4 Å². The highest BCUT2D eigenvalue weighted by molar-refractivity contribution is 7.15. The van der Waals surface area contributed by atoms with Crippen LogP contribution in [0.2, 0.25) is 0 Å². The zero-order valence-electron chi connectivity index (χ0n) is 12.7. The van der Waals surface area contributed by atoms with Crippen LogP contribution in [0.15, 0.2) is 42.0 Å². The maximum absolute atomic E-state index is 11.8. The Bertz CT molecular complexity index is 902. The van der Waals surface area contributed by atoms with Crippen molar-refractivity contribution in [2.75, 3.05) is 11.9 Å². The van der Waals surface area contributed by atoms with Gasteiger partial charge in [-0.05, 0) is 12.1 Å². The zero-order valence-corrected chi connectivity index (χ0v) is 13.6. The SMILES string of the molecule is O=C(COC(=O)Cc1cn2ccsc2n1)Nc1ccc([N+](=O)[O-])cc1. The minimum atomic E-state index is -0.565. The van der Waals surface area contributed by atoms with Gasteiger partial charge in [-0.25, -0.2) is 4.98 Å². The van der Waals surface area contributed by atoms with E-state index < -0.39 is 23.4 Å². The van der Waals surface area contributed by atoms with E-state index in [4.69, 9.17) is 4.74 Å². The number of nitrogens with one attached hydrogen (secondary N) is 1. The van der Waals surface area contributed by atoms with Crippen LogP contribution in [0.5, 0.6) is 0 Å². The highest BCUT2D eigenvalue weighted by Gasteiger charge is 2.12. The summed E-state index contributed by atoms with van der Waals surface area (Å²) in [7, 11) is 0. The van der Waals surface area contributed by atoms with Crippen molar-refractivity contribution in [2.24, 2.45) is 0 Å². The van der Waals surface area contributed by atoms with Crippen molar-refractivity contribution >= 4 is 39.5 Å². The Morgan fingerprint density at radius 3 is 2.76 bits per heavy atom. The lowest BCUT2D eigenvalue weighted by Gasteiger charge is -2.06. The molecule has 10 heteroatoms. The molecule has 0 saturated carbocycles. The summed E-state index contributed by atoms with van der Waals surface area (Å²) in [4.78, 5) is 38.6. The molecule has 9 nitrogen and oxygen atoms in total. The number of ether oxygens (including phenoxy) is 1. The maximum atomic E-state index is 11.8. The molecule has 0 spiro atoms. The molecule has 0 unspecified atom stereocenters. The molecule has 0 fully saturated rings. The lowest BCUT2D eigenvalue weighted by molar-refractivity contribution is -0.384. The van der Waals surface area contributed by atoms with Gasteiger partial charge in [0.15, 0.2) is 11.6 Å². The number of amides is 1. The summed E-state index contributed by atoms with van der Waals surface area (Å²) in [5.41, 5.74) is 0.859. The van der Waals surface area contributed by atoms with E-state index in [1.54, 1.807) is 10.6 Å². The number of nitro groups is 1. The molecule has 0 aliphatic rings. The average Bonchev–Trinajstić information content (AvgIpc) is 3.15. The molecule has 0 aliphatic carbocycles. The van der Waals surface area contributed by atoms with Crippen LogP contribution in [0.3, 0.4) is 0 Å². The molecule has 128 valence electrons. The number of benzene rings is 1. The Morgan fingerprint density at radius 1 is 1.32 bits per heavy atom. The number of anilines is 1. The standard InChI is InChI=1S/C15H12N4O5S/c20-13(16-10-1-3-12(4-2-10)19(22)23)9-24-14(21)7-11-8-18-5-6-25-15(18)17-11/h1-6,8H,7,9H2,(H,16,20). The maximum Gasteiger partial charge on any atom is 0.312 e. The summed E-state index contributed by atoms with van der Waals surface area (Å²) < 4.78 is 6.71. The molecule has 0 saturated heterocycles. The van der Waals surface area contributed by atoms with Crippen molar-refractivity contribution in [3.8, 4) is 0 Å². The van der Waals surface area contributed by atoms with Gasteiger partial charge in [0.05, 0.1) is 17.0 Å². The molecule has 25 heavy (non-hydrogen) atoms. The van der Waals surface area contributed by atoms with Gasteiger partial charge in [0.2, 0.25) is 0 Å². The van der Waals surface area contributed by atoms with E-state index in [1.807, 2.05) is 11.6 Å². The van der Waals surface area contributed by atoms with E-state index in [-0.39, 0.29) is 12.1 Å². The van der Waals surface area contributed by atoms with Crippen molar-refractivity contribution in [1.29, 1.82) is 0 Å². The first-order valence-electron chi connectivity index (χ1n) is 7.12. The molecule has 2 aromatic heterocycles. The number of carbonyl (C=O) groups is 2. The molecule has 1 aromatic carbocycles. The fourth-order valence-electron chi connectivity index (χ4n) is 2.07. The lowest BCUT2D eigenvalue weighted by Crippen LogP contribution is -2.21. The van der Waals surface area contributed by atoms with Gasteiger partial charge in [-0.2, -0.15) is 0 Å². The van der Waals surface area contributed by atoms with Crippen molar-refractivity contribution < 1.29 is 19.2 Å². The number of fused-ring (bicyclic) bond motifs is 1. The minimum Gasteiger partial charge on any atom is -0.455 e. The van der Waals surface area contributed by atoms with Crippen LogP contribution in [-0.4, -0.2) is 32.8 Å². The van der Waals surface area contributed by atoms with Crippen molar-refractivity contribution in [1.82, 2.24) is 9.38 Å². The van der Waals surface area contributed by atoms with Crippen molar-refractivity contribution in [2.45, 2.75) is 6.42 Å². The summed E-state index contributed by atoms with van der Waals surface area (Å²) in [6, 6.07) is 5.34. The second kappa shape index (κ2) is 7.09. The number of carbonyl (C=O) groups excluding carboxylic acids is 2. The Morgan fingerprint density at radius 2 is 2.08 bits per heavy atom. The molecule has 2 heterocycles. The molecule has 0 atom stereocenters. The number of imidazole rings is 1. The monoisotopic (exact) mass is 360 g/mol. The molecule has 0 aliphatic heterocycles. The van der Waals surface area contributed by atoms with Crippen LogP contribution in [0, 0.1) is 10.1 Å². The Balaban J connectivity index is 1.47. The van der Waals surface area contributed by atoms with E-state index in [2.05, 4.69) is 10.3 Å². The van der Waals surface area contributed by atoms with Gasteiger partial charge in [-0.3, -0.25) is 24.1 Å². The largest absolute Gasteiger partial charge is 0.455 e. The second-order valence-corrected chi connectivity index (χ2v) is 5.89.